The van der Waals surface area contributed by atoms with Crippen molar-refractivity contribution >= 4 is 68.1 Å². The van der Waals surface area contributed by atoms with Gasteiger partial charge >= 0.3 is 5.97 Å². The van der Waals surface area contributed by atoms with Crippen LogP contribution in [0.1, 0.15) is 67.8 Å². The van der Waals surface area contributed by atoms with Crippen LogP contribution in [0.5, 0.6) is 0 Å². The summed E-state index contributed by atoms with van der Waals surface area (Å²) in [7, 11) is 0. The van der Waals surface area contributed by atoms with Gasteiger partial charge in [0.05, 0.1) is 54.0 Å². The molecule has 1 aromatic heterocycles. The average Bonchev–Trinajstić information content (AvgIpc) is 3.83. The van der Waals surface area contributed by atoms with Crippen LogP contribution in [-0.4, -0.2) is 89.8 Å². The van der Waals surface area contributed by atoms with Crippen LogP contribution in [0.15, 0.2) is 41.8 Å². The third-order valence-electron chi connectivity index (χ3n) is 10.1. The monoisotopic (exact) mass is 715 g/mol. The average molecular weight is 717 g/mol. The Bertz CT molecular complexity index is 1630. The van der Waals surface area contributed by atoms with Gasteiger partial charge in [0.2, 0.25) is 5.91 Å². The van der Waals surface area contributed by atoms with Crippen molar-refractivity contribution in [1.29, 1.82) is 0 Å². The molecule has 6 rings (SSSR count). The molecule has 48 heavy (non-hydrogen) atoms. The Morgan fingerprint density at radius 1 is 1.02 bits per heavy atom. The van der Waals surface area contributed by atoms with Crippen LogP contribution < -0.4 is 5.32 Å². The van der Waals surface area contributed by atoms with Crippen molar-refractivity contribution in [3.63, 3.8) is 0 Å². The summed E-state index contributed by atoms with van der Waals surface area (Å²) in [5.74, 6) is -1.37. The van der Waals surface area contributed by atoms with Crippen LogP contribution in [-0.2, 0) is 25.5 Å². The number of amides is 2. The number of thiophene rings is 1. The molecule has 3 heterocycles. The fourth-order valence-electron chi connectivity index (χ4n) is 7.52. The summed E-state index contributed by atoms with van der Waals surface area (Å²) in [5, 5.41) is 15.6. The molecule has 2 amide bonds. The number of likely N-dealkylation sites (tertiary alicyclic amines) is 2. The Morgan fingerprint density at radius 3 is 2.58 bits per heavy atom. The molecule has 12 heteroatoms. The summed E-state index contributed by atoms with van der Waals surface area (Å²) in [6.07, 6.45) is 5.70. The van der Waals surface area contributed by atoms with Gasteiger partial charge in [0, 0.05) is 45.7 Å². The molecule has 258 valence electrons. The number of carboxylic acid groups (broad SMARTS) is 1. The van der Waals surface area contributed by atoms with Crippen molar-refractivity contribution in [2.75, 3.05) is 38.2 Å². The van der Waals surface area contributed by atoms with Crippen molar-refractivity contribution in [2.45, 2.75) is 82.5 Å². The van der Waals surface area contributed by atoms with Gasteiger partial charge in [-0.05, 0) is 82.2 Å². The van der Waals surface area contributed by atoms with Crippen LogP contribution in [0, 0.1) is 5.92 Å². The van der Waals surface area contributed by atoms with Crippen molar-refractivity contribution in [1.82, 2.24) is 9.80 Å². The maximum Gasteiger partial charge on any atom is 0.306 e. The summed E-state index contributed by atoms with van der Waals surface area (Å²) in [4.78, 5) is 43.0. The highest BCUT2D eigenvalue weighted by Crippen LogP contribution is 2.35. The first kappa shape index (κ1) is 35.1. The molecular weight excluding hydrogens is 673 g/mol. The van der Waals surface area contributed by atoms with Gasteiger partial charge in [-0.2, -0.15) is 0 Å². The number of hydrogen-bond acceptors (Lipinski definition) is 7. The SMILES string of the molecule is CCOC[C@@H]1CCCN1[C@H]1C[C@@H](CO[C@H]2CC[C@H](C(=O)O)CC2)N(C(=O)Cc2cc(Cl)c(NC(=O)c3csc4ccccc34)cc2Cl)C1. The summed E-state index contributed by atoms with van der Waals surface area (Å²) in [6, 6.07) is 11.4. The molecule has 3 atom stereocenters. The first-order valence-electron chi connectivity index (χ1n) is 16.9. The van der Waals surface area contributed by atoms with E-state index >= 15 is 0 Å². The second-order valence-corrected chi connectivity index (χ2v) is 14.9. The number of carbonyl (C=O) groups excluding carboxylic acids is 2. The van der Waals surface area contributed by atoms with E-state index in [2.05, 4.69) is 10.2 Å². The van der Waals surface area contributed by atoms with E-state index in [4.69, 9.17) is 32.7 Å². The molecule has 1 aliphatic carbocycles. The molecule has 0 unspecified atom stereocenters. The highest BCUT2D eigenvalue weighted by Gasteiger charge is 2.42. The summed E-state index contributed by atoms with van der Waals surface area (Å²) >= 11 is 14.9. The Hall–Kier alpha value is -2.73. The van der Waals surface area contributed by atoms with Gasteiger partial charge in [-0.25, -0.2) is 0 Å². The molecule has 1 saturated carbocycles. The summed E-state index contributed by atoms with van der Waals surface area (Å²) in [5.41, 5.74) is 1.55. The second-order valence-electron chi connectivity index (χ2n) is 13.1. The number of nitrogens with zero attached hydrogens (tertiary/aromatic N) is 2. The highest BCUT2D eigenvalue weighted by molar-refractivity contribution is 7.17. The number of anilines is 1. The van der Waals surface area contributed by atoms with Crippen molar-refractivity contribution in [2.24, 2.45) is 5.92 Å². The minimum absolute atomic E-state index is 0.00262. The fourth-order valence-corrected chi connectivity index (χ4v) is 8.92. The van der Waals surface area contributed by atoms with Crippen molar-refractivity contribution in [3.05, 3.63) is 63.0 Å². The van der Waals surface area contributed by atoms with Gasteiger partial charge in [-0.1, -0.05) is 41.4 Å². The lowest BCUT2D eigenvalue weighted by atomic mass is 9.87. The normalized spacial score (nSPS) is 24.7. The molecule has 0 bridgehead atoms. The minimum Gasteiger partial charge on any atom is -0.481 e. The maximum atomic E-state index is 14.0. The third-order valence-corrected chi connectivity index (χ3v) is 11.7. The van der Waals surface area contributed by atoms with Crippen LogP contribution in [0.3, 0.4) is 0 Å². The number of aliphatic carboxylic acids is 1. The van der Waals surface area contributed by atoms with E-state index < -0.39 is 5.97 Å². The molecule has 0 spiro atoms. The predicted octanol–water partition coefficient (Wildman–Crippen LogP) is 7.13. The topological polar surface area (TPSA) is 108 Å². The van der Waals surface area contributed by atoms with Gasteiger partial charge in [0.25, 0.3) is 5.91 Å². The highest BCUT2D eigenvalue weighted by atomic mass is 35.5. The Morgan fingerprint density at radius 2 is 1.81 bits per heavy atom. The number of carboxylic acids is 1. The number of fused-ring (bicyclic) bond motifs is 1. The maximum absolute atomic E-state index is 14.0. The van der Waals surface area contributed by atoms with Crippen LogP contribution in [0.4, 0.5) is 5.69 Å². The molecule has 3 aliphatic rings. The van der Waals surface area contributed by atoms with Crippen LogP contribution >= 0.6 is 34.5 Å². The van der Waals surface area contributed by atoms with E-state index in [0.717, 1.165) is 35.9 Å². The van der Waals surface area contributed by atoms with E-state index in [1.54, 1.807) is 12.1 Å². The lowest BCUT2D eigenvalue weighted by Gasteiger charge is -2.30. The summed E-state index contributed by atoms with van der Waals surface area (Å²) < 4.78 is 13.2. The molecule has 2 aromatic carbocycles. The Kier molecular flexibility index (Phi) is 11.6. The molecule has 9 nitrogen and oxygen atoms in total. The summed E-state index contributed by atoms with van der Waals surface area (Å²) in [6.45, 7) is 5.36. The number of ether oxygens (including phenoxy) is 2. The van der Waals surface area contributed by atoms with E-state index in [1.807, 2.05) is 41.5 Å². The zero-order valence-electron chi connectivity index (χ0n) is 27.2. The van der Waals surface area contributed by atoms with Gasteiger partial charge in [0.15, 0.2) is 0 Å². The van der Waals surface area contributed by atoms with E-state index in [9.17, 15) is 19.5 Å². The predicted molar refractivity (Wildman–Crippen MR) is 189 cm³/mol. The minimum atomic E-state index is -0.735. The second kappa shape index (κ2) is 15.9. The number of hydrogen-bond donors (Lipinski definition) is 2. The zero-order chi connectivity index (χ0) is 33.8. The first-order chi connectivity index (χ1) is 23.2. The molecule has 3 aromatic rings. The van der Waals surface area contributed by atoms with E-state index in [0.29, 0.717) is 85.0 Å². The number of carbonyl (C=O) groups is 3. The van der Waals surface area contributed by atoms with Gasteiger partial charge in [0.1, 0.15) is 0 Å². The number of nitrogens with one attached hydrogen (secondary N) is 1. The standard InChI is InChI=1S/C36H43Cl2N3O6S/c1-2-46-19-24-6-5-13-40(24)25-16-26(20-47-27-11-9-22(10-12-27)36(44)45)41(18-25)34(42)15-23-14-31(38)32(17-30(23)37)39-35(43)29-21-48-33-8-4-3-7-28(29)33/h3-4,7-8,14,17,21-22,24-27H,2,5-6,9-13,15-16,18-20H2,1H3,(H,39,43)(H,44,45)/t22-,24-,25-,26-,27-/m0/s1. The van der Waals surface area contributed by atoms with Gasteiger partial charge in [-0.15, -0.1) is 11.3 Å². The smallest absolute Gasteiger partial charge is 0.306 e. The number of rotatable bonds is 12. The van der Waals surface area contributed by atoms with E-state index in [1.165, 1.54) is 11.3 Å². The Balaban J connectivity index is 1.14. The number of halogens is 2. The van der Waals surface area contributed by atoms with Gasteiger partial charge < -0.3 is 24.8 Å². The molecule has 0 radical (unpaired) electrons. The van der Waals surface area contributed by atoms with Crippen LogP contribution in [0.2, 0.25) is 10.0 Å². The Labute approximate surface area is 295 Å². The van der Waals surface area contributed by atoms with Gasteiger partial charge in [-0.3, -0.25) is 19.3 Å². The van der Waals surface area contributed by atoms with E-state index in [-0.39, 0.29) is 42.3 Å². The third kappa shape index (κ3) is 8.01. The molecule has 2 N–H and O–H groups in total. The zero-order valence-corrected chi connectivity index (χ0v) is 29.5. The van der Waals surface area contributed by atoms with Crippen molar-refractivity contribution < 1.29 is 29.0 Å². The molecule has 2 aliphatic heterocycles. The number of benzene rings is 2. The largest absolute Gasteiger partial charge is 0.481 e. The van der Waals surface area contributed by atoms with Crippen LogP contribution in [0.25, 0.3) is 10.1 Å². The molecule has 2 saturated heterocycles. The fraction of sp³-hybridized carbons (Fsp3) is 0.528. The lowest BCUT2D eigenvalue weighted by molar-refractivity contribution is -0.144. The van der Waals surface area contributed by atoms with Crippen molar-refractivity contribution in [3.8, 4) is 0 Å². The quantitative estimate of drug-likeness (QED) is 0.205. The molecule has 3 fully saturated rings. The lowest BCUT2D eigenvalue weighted by Crippen LogP contribution is -2.44. The first-order valence-corrected chi connectivity index (χ1v) is 18.6. The molecular formula is C36H43Cl2N3O6S.